The molecule has 0 fully saturated rings. The van der Waals surface area contributed by atoms with Crippen molar-refractivity contribution in [2.24, 2.45) is 0 Å². The van der Waals surface area contributed by atoms with Gasteiger partial charge in [-0.25, -0.2) is 4.68 Å². The Morgan fingerprint density at radius 1 is 1.15 bits per heavy atom. The van der Waals surface area contributed by atoms with Crippen molar-refractivity contribution in [1.29, 1.82) is 0 Å². The van der Waals surface area contributed by atoms with E-state index in [4.69, 9.17) is 4.74 Å². The Balaban J connectivity index is 1.77. The standard InChI is InChI=1S/C20H20BrN3O2/c1-14-19(12-22-24(14)17-8-6-16(21)7-9-17)20(25)23(2)13-15-4-10-18(26-3)11-5-15/h4-12H,13H2,1-3H3. The number of rotatable bonds is 5. The number of aromatic nitrogens is 2. The van der Waals surface area contributed by atoms with Crippen LogP contribution in [0.15, 0.2) is 59.2 Å². The van der Waals surface area contributed by atoms with E-state index in [1.807, 2.05) is 55.5 Å². The van der Waals surface area contributed by atoms with Gasteiger partial charge in [0.05, 0.1) is 30.3 Å². The predicted octanol–water partition coefficient (Wildman–Crippen LogP) is 4.22. The second-order valence-electron chi connectivity index (χ2n) is 6.04. The molecule has 0 saturated heterocycles. The summed E-state index contributed by atoms with van der Waals surface area (Å²) >= 11 is 3.43. The van der Waals surface area contributed by atoms with Crippen molar-refractivity contribution < 1.29 is 9.53 Å². The zero-order chi connectivity index (χ0) is 18.7. The maximum Gasteiger partial charge on any atom is 0.257 e. The number of carbonyl (C=O) groups excluding carboxylic acids is 1. The number of halogens is 1. The molecular formula is C20H20BrN3O2. The first-order valence-corrected chi connectivity index (χ1v) is 8.98. The number of methoxy groups -OCH3 is 1. The average Bonchev–Trinajstić information content (AvgIpc) is 3.03. The van der Waals surface area contributed by atoms with E-state index in [-0.39, 0.29) is 5.91 Å². The molecule has 0 atom stereocenters. The number of nitrogens with zero attached hydrogens (tertiary/aromatic N) is 3. The summed E-state index contributed by atoms with van der Waals surface area (Å²) in [6.07, 6.45) is 1.63. The van der Waals surface area contributed by atoms with Gasteiger partial charge in [-0.15, -0.1) is 0 Å². The van der Waals surface area contributed by atoms with Gasteiger partial charge in [0.25, 0.3) is 5.91 Å². The van der Waals surface area contributed by atoms with Crippen molar-refractivity contribution >= 4 is 21.8 Å². The van der Waals surface area contributed by atoms with E-state index < -0.39 is 0 Å². The molecule has 5 nitrogen and oxygen atoms in total. The quantitative estimate of drug-likeness (QED) is 0.628. The highest BCUT2D eigenvalue weighted by molar-refractivity contribution is 9.10. The van der Waals surface area contributed by atoms with Gasteiger partial charge in [0, 0.05) is 18.1 Å². The van der Waals surface area contributed by atoms with E-state index in [9.17, 15) is 4.79 Å². The van der Waals surface area contributed by atoms with Crippen LogP contribution in [0, 0.1) is 6.92 Å². The fourth-order valence-corrected chi connectivity index (χ4v) is 3.01. The number of hydrogen-bond acceptors (Lipinski definition) is 3. The molecule has 0 aliphatic rings. The van der Waals surface area contributed by atoms with Crippen LogP contribution in [0.3, 0.4) is 0 Å². The molecule has 3 aromatic rings. The first-order valence-electron chi connectivity index (χ1n) is 8.18. The molecule has 1 amide bonds. The lowest BCUT2D eigenvalue weighted by molar-refractivity contribution is 0.0784. The summed E-state index contributed by atoms with van der Waals surface area (Å²) in [5.74, 6) is 0.746. The van der Waals surface area contributed by atoms with Crippen LogP contribution < -0.4 is 4.74 Å². The zero-order valence-electron chi connectivity index (χ0n) is 14.9. The highest BCUT2D eigenvalue weighted by Crippen LogP contribution is 2.19. The van der Waals surface area contributed by atoms with Crippen LogP contribution in [0.25, 0.3) is 5.69 Å². The third-order valence-electron chi connectivity index (χ3n) is 4.24. The van der Waals surface area contributed by atoms with Gasteiger partial charge in [-0.2, -0.15) is 5.10 Å². The lowest BCUT2D eigenvalue weighted by Crippen LogP contribution is -2.26. The highest BCUT2D eigenvalue weighted by atomic mass is 79.9. The maximum absolute atomic E-state index is 12.8. The third kappa shape index (κ3) is 3.80. The Kier molecular flexibility index (Phi) is 5.42. The van der Waals surface area contributed by atoms with Gasteiger partial charge in [-0.05, 0) is 48.9 Å². The van der Waals surface area contributed by atoms with Crippen molar-refractivity contribution in [3.05, 3.63) is 76.0 Å². The average molecular weight is 414 g/mol. The normalized spacial score (nSPS) is 10.6. The Morgan fingerprint density at radius 3 is 2.42 bits per heavy atom. The molecule has 134 valence electrons. The SMILES string of the molecule is COc1ccc(CN(C)C(=O)c2cnn(-c3ccc(Br)cc3)c2C)cc1. The van der Waals surface area contributed by atoms with Crippen molar-refractivity contribution in [2.45, 2.75) is 13.5 Å². The molecule has 3 rings (SSSR count). The van der Waals surface area contributed by atoms with Gasteiger partial charge in [-0.3, -0.25) is 4.79 Å². The summed E-state index contributed by atoms with van der Waals surface area (Å²) in [6.45, 7) is 2.43. The highest BCUT2D eigenvalue weighted by Gasteiger charge is 2.19. The Labute approximate surface area is 161 Å². The summed E-state index contributed by atoms with van der Waals surface area (Å²) in [7, 11) is 3.43. The summed E-state index contributed by atoms with van der Waals surface area (Å²) in [5, 5.41) is 4.39. The molecule has 6 heteroatoms. The molecule has 26 heavy (non-hydrogen) atoms. The minimum Gasteiger partial charge on any atom is -0.497 e. The molecule has 0 bridgehead atoms. The summed E-state index contributed by atoms with van der Waals surface area (Å²) < 4.78 is 7.94. The van der Waals surface area contributed by atoms with E-state index in [1.165, 1.54) is 0 Å². The van der Waals surface area contributed by atoms with Gasteiger partial charge in [0.15, 0.2) is 0 Å². The second-order valence-corrected chi connectivity index (χ2v) is 6.96. The molecule has 0 unspecified atom stereocenters. The minimum absolute atomic E-state index is 0.0540. The van der Waals surface area contributed by atoms with Crippen molar-refractivity contribution in [2.75, 3.05) is 14.2 Å². The third-order valence-corrected chi connectivity index (χ3v) is 4.77. The van der Waals surface area contributed by atoms with Crippen LogP contribution in [0.5, 0.6) is 5.75 Å². The van der Waals surface area contributed by atoms with E-state index in [2.05, 4.69) is 21.0 Å². The first-order chi connectivity index (χ1) is 12.5. The molecule has 0 N–H and O–H groups in total. The summed E-state index contributed by atoms with van der Waals surface area (Å²) in [4.78, 5) is 14.5. The van der Waals surface area contributed by atoms with Crippen LogP contribution in [0.4, 0.5) is 0 Å². The summed E-state index contributed by atoms with van der Waals surface area (Å²) in [5.41, 5.74) is 3.38. The number of carbonyl (C=O) groups is 1. The Morgan fingerprint density at radius 2 is 1.81 bits per heavy atom. The lowest BCUT2D eigenvalue weighted by Gasteiger charge is -2.17. The van der Waals surface area contributed by atoms with Crippen LogP contribution in [-0.4, -0.2) is 34.7 Å². The molecule has 0 aliphatic carbocycles. The van der Waals surface area contributed by atoms with Crippen LogP contribution in [0.1, 0.15) is 21.6 Å². The largest absolute Gasteiger partial charge is 0.497 e. The van der Waals surface area contributed by atoms with Crippen molar-refractivity contribution in [1.82, 2.24) is 14.7 Å². The van der Waals surface area contributed by atoms with E-state index in [0.29, 0.717) is 12.1 Å². The summed E-state index contributed by atoms with van der Waals surface area (Å²) in [6, 6.07) is 15.5. The lowest BCUT2D eigenvalue weighted by atomic mass is 10.2. The Bertz CT molecular complexity index is 902. The second kappa shape index (κ2) is 7.74. The van der Waals surface area contributed by atoms with Gasteiger partial charge in [0.2, 0.25) is 0 Å². The number of benzene rings is 2. The predicted molar refractivity (Wildman–Crippen MR) is 105 cm³/mol. The monoisotopic (exact) mass is 413 g/mol. The smallest absolute Gasteiger partial charge is 0.257 e. The maximum atomic E-state index is 12.8. The van der Waals surface area contributed by atoms with Gasteiger partial charge < -0.3 is 9.64 Å². The molecule has 1 heterocycles. The fraction of sp³-hybridized carbons (Fsp3) is 0.200. The van der Waals surface area contributed by atoms with Gasteiger partial charge >= 0.3 is 0 Å². The topological polar surface area (TPSA) is 47.4 Å². The van der Waals surface area contributed by atoms with Gasteiger partial charge in [0.1, 0.15) is 5.75 Å². The van der Waals surface area contributed by atoms with Crippen LogP contribution >= 0.6 is 15.9 Å². The fourth-order valence-electron chi connectivity index (χ4n) is 2.74. The zero-order valence-corrected chi connectivity index (χ0v) is 16.5. The first kappa shape index (κ1) is 18.2. The molecule has 1 aromatic heterocycles. The molecule has 0 aliphatic heterocycles. The molecular weight excluding hydrogens is 394 g/mol. The Hall–Kier alpha value is -2.60. The van der Waals surface area contributed by atoms with Crippen LogP contribution in [-0.2, 0) is 6.54 Å². The minimum atomic E-state index is -0.0540. The van der Waals surface area contributed by atoms with Crippen LogP contribution in [0.2, 0.25) is 0 Å². The van der Waals surface area contributed by atoms with Crippen molar-refractivity contribution in [3.8, 4) is 11.4 Å². The van der Waals surface area contributed by atoms with Gasteiger partial charge in [-0.1, -0.05) is 28.1 Å². The van der Waals surface area contributed by atoms with E-state index in [1.54, 1.807) is 29.9 Å². The number of ether oxygens (including phenoxy) is 1. The number of amides is 1. The van der Waals surface area contributed by atoms with Crippen molar-refractivity contribution in [3.63, 3.8) is 0 Å². The van der Waals surface area contributed by atoms with E-state index >= 15 is 0 Å². The molecule has 0 radical (unpaired) electrons. The molecule has 0 saturated carbocycles. The van der Waals surface area contributed by atoms with E-state index in [0.717, 1.165) is 27.2 Å². The number of hydrogen-bond donors (Lipinski definition) is 0. The molecule has 0 spiro atoms. The molecule has 2 aromatic carbocycles.